The smallest absolute Gasteiger partial charge is 0.303 e. The number of hydrogen-bond donors (Lipinski definition) is 2. The SMILES string of the molecule is O=C(O)CC1CCC(c2ccc(N3C=CC4=NC(C(=O)Nc5cc(F)c(F)c(F)c5)=C[N+]4C3)cc2)CC1. The van der Waals surface area contributed by atoms with Crippen molar-refractivity contribution in [2.75, 3.05) is 16.9 Å². The number of aliphatic carboxylic acids is 1. The lowest BCUT2D eigenvalue weighted by molar-refractivity contribution is -0.138. The molecule has 0 spiro atoms. The van der Waals surface area contributed by atoms with Gasteiger partial charge in [0.1, 0.15) is 0 Å². The summed E-state index contributed by atoms with van der Waals surface area (Å²) in [6.45, 7) is 0.408. The maximum Gasteiger partial charge on any atom is 0.303 e. The van der Waals surface area contributed by atoms with Crippen LogP contribution < -0.4 is 15.1 Å². The fourth-order valence-electron chi connectivity index (χ4n) is 5.03. The van der Waals surface area contributed by atoms with Crippen LogP contribution in [-0.2, 0) is 9.59 Å². The molecule has 191 valence electrons. The Morgan fingerprint density at radius 3 is 2.38 bits per heavy atom. The second-order valence-corrected chi connectivity index (χ2v) is 9.50. The summed E-state index contributed by atoms with van der Waals surface area (Å²) in [5.41, 5.74) is 2.05. The van der Waals surface area contributed by atoms with E-state index in [0.717, 1.165) is 31.4 Å². The minimum atomic E-state index is -1.60. The summed E-state index contributed by atoms with van der Waals surface area (Å²) in [7, 11) is 0. The second-order valence-electron chi connectivity index (χ2n) is 9.50. The molecule has 3 aliphatic rings. The zero-order chi connectivity index (χ0) is 26.1. The molecule has 0 aromatic heterocycles. The fraction of sp³-hybridized carbons (Fsp3) is 0.296. The first kappa shape index (κ1) is 24.8. The van der Waals surface area contributed by atoms with Crippen molar-refractivity contribution in [2.45, 2.75) is 38.0 Å². The van der Waals surface area contributed by atoms with Gasteiger partial charge in [0.25, 0.3) is 11.7 Å². The van der Waals surface area contributed by atoms with Crippen LogP contribution in [0.4, 0.5) is 24.5 Å². The zero-order valence-electron chi connectivity index (χ0n) is 19.8. The van der Waals surface area contributed by atoms with E-state index in [2.05, 4.69) is 22.4 Å². The summed E-state index contributed by atoms with van der Waals surface area (Å²) in [5.74, 6) is -4.54. The first-order chi connectivity index (χ1) is 17.8. The summed E-state index contributed by atoms with van der Waals surface area (Å²) >= 11 is 0. The number of aliphatic imine (C=N–C) groups is 1. The number of carboxylic acid groups (broad SMARTS) is 1. The van der Waals surface area contributed by atoms with E-state index in [1.807, 2.05) is 23.2 Å². The highest BCUT2D eigenvalue weighted by atomic mass is 19.2. The van der Waals surface area contributed by atoms with Gasteiger partial charge in [-0.05, 0) is 55.2 Å². The lowest BCUT2D eigenvalue weighted by atomic mass is 9.77. The van der Waals surface area contributed by atoms with Crippen LogP contribution in [0.5, 0.6) is 0 Å². The van der Waals surface area contributed by atoms with E-state index in [0.29, 0.717) is 30.6 Å². The number of nitrogens with zero attached hydrogens (tertiary/aromatic N) is 3. The van der Waals surface area contributed by atoms with E-state index >= 15 is 0 Å². The number of amidine groups is 1. The molecule has 0 atom stereocenters. The molecular formula is C27H25F3N4O3+. The van der Waals surface area contributed by atoms with E-state index in [1.165, 1.54) is 5.56 Å². The minimum absolute atomic E-state index is 0.0560. The first-order valence-corrected chi connectivity index (χ1v) is 12.1. The van der Waals surface area contributed by atoms with Gasteiger partial charge in [-0.3, -0.25) is 14.5 Å². The van der Waals surface area contributed by atoms with Gasteiger partial charge in [-0.1, -0.05) is 17.0 Å². The number of halogens is 3. The van der Waals surface area contributed by atoms with E-state index in [-0.39, 0.29) is 23.7 Å². The number of carboxylic acids is 1. The maximum atomic E-state index is 13.5. The number of fused-ring (bicyclic) bond motifs is 1. The maximum absolute atomic E-state index is 13.5. The lowest BCUT2D eigenvalue weighted by Crippen LogP contribution is -2.41. The quantitative estimate of drug-likeness (QED) is 0.414. The number of carbonyl (C=O) groups excluding carboxylic acids is 1. The Morgan fingerprint density at radius 1 is 1.05 bits per heavy atom. The van der Waals surface area contributed by atoms with Gasteiger partial charge in [0.15, 0.2) is 29.3 Å². The molecule has 2 aromatic carbocycles. The standard InChI is InChI=1S/C27H25F3N4O3/c28-21-12-19(13-22(29)26(21)30)31-27(37)23-14-34-15-33(10-9-24(34)32-23)20-7-5-18(6-8-20)17-3-1-16(2-4-17)11-25(35)36/h5-10,12-14,16-17H,1-4,11,15H2,(H,31,37)(H,35,36)/q+1. The molecule has 1 saturated carbocycles. The number of hydrogen-bond acceptors (Lipinski definition) is 5. The van der Waals surface area contributed by atoms with Gasteiger partial charge in [-0.25, -0.2) is 13.2 Å². The van der Waals surface area contributed by atoms with Crippen molar-refractivity contribution in [3.05, 3.63) is 83.6 Å². The molecular weight excluding hydrogens is 485 g/mol. The van der Waals surface area contributed by atoms with Crippen LogP contribution in [0.25, 0.3) is 0 Å². The number of benzene rings is 2. The molecule has 0 saturated heterocycles. The van der Waals surface area contributed by atoms with Gasteiger partial charge in [-0.2, -0.15) is 4.99 Å². The van der Waals surface area contributed by atoms with Crippen LogP contribution in [0.2, 0.25) is 0 Å². The van der Waals surface area contributed by atoms with Crippen molar-refractivity contribution < 1.29 is 27.9 Å². The molecule has 2 aliphatic heterocycles. The molecule has 2 heterocycles. The van der Waals surface area contributed by atoms with Crippen molar-refractivity contribution in [1.82, 2.24) is 4.90 Å². The molecule has 5 rings (SSSR count). The normalized spacial score (nSPS) is 21.3. The molecule has 2 N–H and O–H groups in total. The molecule has 0 bridgehead atoms. The average molecular weight is 511 g/mol. The Bertz CT molecular complexity index is 1290. The summed E-state index contributed by atoms with van der Waals surface area (Å²) in [5, 5.41) is 11.3. The average Bonchev–Trinajstić information content (AvgIpc) is 3.31. The van der Waals surface area contributed by atoms with Gasteiger partial charge in [0, 0.05) is 42.2 Å². The van der Waals surface area contributed by atoms with Crippen molar-refractivity contribution in [2.24, 2.45) is 10.9 Å². The summed E-state index contributed by atoms with van der Waals surface area (Å²) in [4.78, 5) is 31.6. The van der Waals surface area contributed by atoms with Gasteiger partial charge < -0.3 is 10.4 Å². The second kappa shape index (κ2) is 10.2. The van der Waals surface area contributed by atoms with Crippen molar-refractivity contribution in [3.8, 4) is 0 Å². The third kappa shape index (κ3) is 5.43. The van der Waals surface area contributed by atoms with E-state index in [1.54, 1.807) is 17.2 Å². The highest BCUT2D eigenvalue weighted by Gasteiger charge is 2.35. The van der Waals surface area contributed by atoms with Gasteiger partial charge in [0.05, 0.1) is 0 Å². The highest BCUT2D eigenvalue weighted by Crippen LogP contribution is 2.37. The lowest BCUT2D eigenvalue weighted by Gasteiger charge is -2.28. The van der Waals surface area contributed by atoms with Crippen LogP contribution in [0.15, 0.2) is 65.6 Å². The largest absolute Gasteiger partial charge is 0.481 e. The van der Waals surface area contributed by atoms with Gasteiger partial charge in [0.2, 0.25) is 6.67 Å². The topological polar surface area (TPSA) is 87.9 Å². The van der Waals surface area contributed by atoms with E-state index < -0.39 is 29.3 Å². The molecule has 1 radical (unpaired) electrons. The summed E-state index contributed by atoms with van der Waals surface area (Å²) < 4.78 is 40.1. The fourth-order valence-corrected chi connectivity index (χ4v) is 5.03. The van der Waals surface area contributed by atoms with Crippen molar-refractivity contribution in [1.29, 1.82) is 0 Å². The number of rotatable bonds is 6. The van der Waals surface area contributed by atoms with Gasteiger partial charge in [-0.15, -0.1) is 0 Å². The molecule has 10 heteroatoms. The molecule has 37 heavy (non-hydrogen) atoms. The Balaban J connectivity index is 1.20. The van der Waals surface area contributed by atoms with E-state index in [9.17, 15) is 22.8 Å². The third-order valence-corrected chi connectivity index (χ3v) is 7.00. The molecule has 7 nitrogen and oxygen atoms in total. The molecule has 1 fully saturated rings. The third-order valence-electron chi connectivity index (χ3n) is 7.00. The minimum Gasteiger partial charge on any atom is -0.481 e. The molecule has 1 amide bonds. The Morgan fingerprint density at radius 2 is 1.73 bits per heavy atom. The predicted molar refractivity (Wildman–Crippen MR) is 132 cm³/mol. The van der Waals surface area contributed by atoms with Crippen molar-refractivity contribution in [3.63, 3.8) is 0 Å². The molecule has 2 aromatic rings. The monoisotopic (exact) mass is 510 g/mol. The zero-order valence-corrected chi connectivity index (χ0v) is 19.8. The molecule has 0 unspecified atom stereocenters. The predicted octanol–water partition coefficient (Wildman–Crippen LogP) is 5.18. The van der Waals surface area contributed by atoms with Crippen LogP contribution in [-0.4, -0.2) is 29.5 Å². The Hall–Kier alpha value is -3.92. The Kier molecular flexibility index (Phi) is 6.84. The number of amides is 1. The summed E-state index contributed by atoms with van der Waals surface area (Å²) in [6.07, 6.45) is 9.24. The highest BCUT2D eigenvalue weighted by molar-refractivity contribution is 6.10. The van der Waals surface area contributed by atoms with Crippen LogP contribution in [0.1, 0.15) is 43.6 Å². The van der Waals surface area contributed by atoms with E-state index in [4.69, 9.17) is 5.11 Å². The van der Waals surface area contributed by atoms with Crippen LogP contribution in [0.3, 0.4) is 0 Å². The Labute approximate surface area is 211 Å². The number of anilines is 2. The first-order valence-electron chi connectivity index (χ1n) is 12.1. The van der Waals surface area contributed by atoms with Crippen LogP contribution >= 0.6 is 0 Å². The molecule has 1 aliphatic carbocycles. The van der Waals surface area contributed by atoms with Crippen LogP contribution in [0, 0.1) is 23.4 Å². The van der Waals surface area contributed by atoms with Gasteiger partial charge >= 0.3 is 5.97 Å². The number of nitrogens with one attached hydrogen (secondary N) is 1. The van der Waals surface area contributed by atoms with Crippen molar-refractivity contribution >= 4 is 29.1 Å². The number of carbonyl (C=O) groups is 2. The summed E-state index contributed by atoms with van der Waals surface area (Å²) in [6, 6.07) is 9.70.